The Morgan fingerprint density at radius 3 is 2.63 bits per heavy atom. The maximum atomic E-state index is 12.5. The van der Waals surface area contributed by atoms with Crippen LogP contribution in [0.4, 0.5) is 13.2 Å². The average molecular weight is 447 g/mol. The maximum Gasteiger partial charge on any atom is 0.573 e. The molecule has 8 heteroatoms. The van der Waals surface area contributed by atoms with Crippen molar-refractivity contribution in [1.82, 2.24) is 9.88 Å². The second-order valence-corrected chi connectivity index (χ2v) is 9.23. The number of hydrogen-bond acceptors (Lipinski definition) is 5. The third kappa shape index (κ3) is 3.95. The van der Waals surface area contributed by atoms with Crippen molar-refractivity contribution in [3.05, 3.63) is 81.0 Å². The quantitative estimate of drug-likeness (QED) is 0.363. The number of ether oxygens (including phenoxy) is 1. The molecule has 0 spiro atoms. The first-order valence-electron chi connectivity index (χ1n) is 9.47. The van der Waals surface area contributed by atoms with Crippen LogP contribution in [0.25, 0.3) is 10.2 Å². The van der Waals surface area contributed by atoms with E-state index in [1.807, 2.05) is 18.2 Å². The predicted octanol–water partition coefficient (Wildman–Crippen LogP) is 6.40. The molecule has 0 N–H and O–H groups in total. The number of aromatic nitrogens is 1. The summed E-state index contributed by atoms with van der Waals surface area (Å²) in [6.07, 6.45) is -3.73. The number of rotatable bonds is 4. The fraction of sp³-hybridized carbons (Fsp3) is 0.227. The van der Waals surface area contributed by atoms with Gasteiger partial charge in [-0.05, 0) is 53.3 Å². The molecule has 30 heavy (non-hydrogen) atoms. The normalized spacial score (nSPS) is 17.2. The van der Waals surface area contributed by atoms with Crippen LogP contribution in [-0.4, -0.2) is 22.8 Å². The van der Waals surface area contributed by atoms with E-state index in [1.54, 1.807) is 34.8 Å². The Morgan fingerprint density at radius 1 is 1.07 bits per heavy atom. The van der Waals surface area contributed by atoms with E-state index in [-0.39, 0.29) is 11.8 Å². The number of halogens is 3. The predicted molar refractivity (Wildman–Crippen MR) is 113 cm³/mol. The van der Waals surface area contributed by atoms with Crippen LogP contribution in [0.1, 0.15) is 27.1 Å². The number of thiophene rings is 1. The first kappa shape index (κ1) is 19.5. The molecule has 154 valence electrons. The van der Waals surface area contributed by atoms with E-state index in [1.165, 1.54) is 22.6 Å². The van der Waals surface area contributed by atoms with Crippen LogP contribution in [0.3, 0.4) is 0 Å². The Kier molecular flexibility index (Phi) is 5.00. The van der Waals surface area contributed by atoms with Crippen LogP contribution < -0.4 is 4.74 Å². The maximum absolute atomic E-state index is 12.5. The Labute approximate surface area is 179 Å². The summed E-state index contributed by atoms with van der Waals surface area (Å²) in [6.45, 7) is 1.56. The standard InChI is InChI=1S/C22H17F3N2OS2/c23-22(24,25)28-15-7-5-14(6-8-15)21-16-10-12-29-18(16)9-11-27(21)13-20-26-17-3-1-2-4-19(17)30-20/h1-8,10,12,21H,9,11,13H2. The van der Waals surface area contributed by atoms with Gasteiger partial charge in [0.2, 0.25) is 0 Å². The third-order valence-corrected chi connectivity index (χ3v) is 7.19. The zero-order valence-corrected chi connectivity index (χ0v) is 17.4. The zero-order chi connectivity index (χ0) is 20.7. The molecule has 4 aromatic rings. The van der Waals surface area contributed by atoms with Gasteiger partial charge in [-0.15, -0.1) is 35.8 Å². The highest BCUT2D eigenvalue weighted by Crippen LogP contribution is 2.39. The summed E-state index contributed by atoms with van der Waals surface area (Å²) in [7, 11) is 0. The second-order valence-electron chi connectivity index (χ2n) is 7.11. The molecule has 2 aromatic heterocycles. The van der Waals surface area contributed by atoms with Crippen LogP contribution in [0, 0.1) is 0 Å². The first-order chi connectivity index (χ1) is 14.5. The molecule has 0 saturated carbocycles. The largest absolute Gasteiger partial charge is 0.573 e. The number of thiazole rings is 1. The smallest absolute Gasteiger partial charge is 0.406 e. The topological polar surface area (TPSA) is 25.4 Å². The van der Waals surface area contributed by atoms with Crippen molar-refractivity contribution < 1.29 is 17.9 Å². The summed E-state index contributed by atoms with van der Waals surface area (Å²) >= 11 is 3.42. The molecule has 1 aliphatic heterocycles. The van der Waals surface area contributed by atoms with Gasteiger partial charge in [0.15, 0.2) is 0 Å². The van der Waals surface area contributed by atoms with Gasteiger partial charge in [-0.1, -0.05) is 24.3 Å². The molecular formula is C22H17F3N2OS2. The van der Waals surface area contributed by atoms with E-state index in [0.29, 0.717) is 6.54 Å². The number of para-hydroxylation sites is 1. The van der Waals surface area contributed by atoms with Crippen molar-refractivity contribution in [2.24, 2.45) is 0 Å². The molecule has 1 aliphatic rings. The van der Waals surface area contributed by atoms with Crippen molar-refractivity contribution in [3.8, 4) is 5.75 Å². The molecule has 0 aliphatic carbocycles. The minimum absolute atomic E-state index is 0.0213. The third-order valence-electron chi connectivity index (χ3n) is 5.17. The summed E-state index contributed by atoms with van der Waals surface area (Å²) < 4.78 is 42.7. The minimum atomic E-state index is -4.69. The zero-order valence-electron chi connectivity index (χ0n) is 15.7. The van der Waals surface area contributed by atoms with E-state index in [2.05, 4.69) is 27.1 Å². The highest BCUT2D eigenvalue weighted by atomic mass is 32.1. The van der Waals surface area contributed by atoms with Gasteiger partial charge in [0.25, 0.3) is 0 Å². The second kappa shape index (κ2) is 7.68. The fourth-order valence-electron chi connectivity index (χ4n) is 3.94. The molecular weight excluding hydrogens is 429 g/mol. The van der Waals surface area contributed by atoms with Gasteiger partial charge in [0.1, 0.15) is 10.8 Å². The lowest BCUT2D eigenvalue weighted by atomic mass is 9.93. The molecule has 3 heterocycles. The summed E-state index contributed by atoms with van der Waals surface area (Å²) in [5.41, 5.74) is 3.16. The molecule has 2 aromatic carbocycles. The van der Waals surface area contributed by atoms with Gasteiger partial charge >= 0.3 is 6.36 Å². The SMILES string of the molecule is FC(F)(F)Oc1ccc(C2c3ccsc3CCN2Cc2nc3ccccc3s2)cc1. The number of alkyl halides is 3. The van der Waals surface area contributed by atoms with Crippen LogP contribution in [0.15, 0.2) is 60.0 Å². The van der Waals surface area contributed by atoms with E-state index in [9.17, 15) is 13.2 Å². The summed E-state index contributed by atoms with van der Waals surface area (Å²) in [5.74, 6) is -0.203. The molecule has 1 atom stereocenters. The Balaban J connectivity index is 1.46. The highest BCUT2D eigenvalue weighted by Gasteiger charge is 2.32. The first-order valence-corrected chi connectivity index (χ1v) is 11.2. The van der Waals surface area contributed by atoms with Gasteiger partial charge in [-0.25, -0.2) is 4.98 Å². The lowest BCUT2D eigenvalue weighted by Gasteiger charge is -2.35. The van der Waals surface area contributed by atoms with Crippen LogP contribution in [0.5, 0.6) is 5.75 Å². The number of benzene rings is 2. The summed E-state index contributed by atoms with van der Waals surface area (Å²) in [6, 6.07) is 16.4. The molecule has 1 unspecified atom stereocenters. The molecule has 0 bridgehead atoms. The van der Waals surface area contributed by atoms with Crippen molar-refractivity contribution >= 4 is 32.9 Å². The van der Waals surface area contributed by atoms with E-state index in [0.717, 1.165) is 33.8 Å². The highest BCUT2D eigenvalue weighted by molar-refractivity contribution is 7.18. The van der Waals surface area contributed by atoms with Gasteiger partial charge in [-0.2, -0.15) is 0 Å². The van der Waals surface area contributed by atoms with Crippen LogP contribution >= 0.6 is 22.7 Å². The summed E-state index contributed by atoms with van der Waals surface area (Å²) in [5, 5.41) is 3.12. The van der Waals surface area contributed by atoms with E-state index in [4.69, 9.17) is 4.98 Å². The average Bonchev–Trinajstić information content (AvgIpc) is 3.33. The Morgan fingerprint density at radius 2 is 1.87 bits per heavy atom. The van der Waals surface area contributed by atoms with Crippen molar-refractivity contribution in [2.45, 2.75) is 25.4 Å². The lowest BCUT2D eigenvalue weighted by molar-refractivity contribution is -0.274. The Hall–Kier alpha value is -2.42. The van der Waals surface area contributed by atoms with Crippen LogP contribution in [-0.2, 0) is 13.0 Å². The van der Waals surface area contributed by atoms with Gasteiger partial charge in [-0.3, -0.25) is 4.90 Å². The Bertz CT molecular complexity index is 1130. The molecule has 0 saturated heterocycles. The van der Waals surface area contributed by atoms with Gasteiger partial charge in [0.05, 0.1) is 22.8 Å². The van der Waals surface area contributed by atoms with E-state index >= 15 is 0 Å². The molecule has 5 rings (SSSR count). The monoisotopic (exact) mass is 446 g/mol. The number of nitrogens with zero attached hydrogens (tertiary/aromatic N) is 2. The summed E-state index contributed by atoms with van der Waals surface area (Å²) in [4.78, 5) is 8.45. The van der Waals surface area contributed by atoms with Crippen molar-refractivity contribution in [1.29, 1.82) is 0 Å². The molecule has 0 amide bonds. The minimum Gasteiger partial charge on any atom is -0.406 e. The van der Waals surface area contributed by atoms with Crippen molar-refractivity contribution in [2.75, 3.05) is 6.54 Å². The van der Waals surface area contributed by atoms with Crippen molar-refractivity contribution in [3.63, 3.8) is 0 Å². The van der Waals surface area contributed by atoms with E-state index < -0.39 is 6.36 Å². The molecule has 0 fully saturated rings. The van der Waals surface area contributed by atoms with Gasteiger partial charge < -0.3 is 4.74 Å². The molecule has 3 nitrogen and oxygen atoms in total. The van der Waals surface area contributed by atoms with Crippen LogP contribution in [0.2, 0.25) is 0 Å². The fourth-order valence-corrected chi connectivity index (χ4v) is 5.84. The number of hydrogen-bond donors (Lipinski definition) is 0. The molecule has 0 radical (unpaired) electrons. The van der Waals surface area contributed by atoms with Gasteiger partial charge in [0, 0.05) is 11.4 Å². The number of fused-ring (bicyclic) bond motifs is 2. The lowest BCUT2D eigenvalue weighted by Crippen LogP contribution is -2.34.